The van der Waals surface area contributed by atoms with E-state index in [1.54, 1.807) is 0 Å². The molecular formula is C52H99NO8. The van der Waals surface area contributed by atoms with Gasteiger partial charge in [0.25, 0.3) is 0 Å². The van der Waals surface area contributed by atoms with Crippen molar-refractivity contribution in [1.29, 1.82) is 0 Å². The zero-order chi connectivity index (χ0) is 44.4. The molecule has 6 N–H and O–H groups in total. The molecule has 1 aliphatic rings. The monoisotopic (exact) mass is 866 g/mol. The lowest BCUT2D eigenvalue weighted by molar-refractivity contribution is -0.302. The second-order valence-corrected chi connectivity index (χ2v) is 18.3. The molecule has 1 heterocycles. The maximum Gasteiger partial charge on any atom is 0.220 e. The Labute approximate surface area is 375 Å². The molecule has 1 amide bonds. The summed E-state index contributed by atoms with van der Waals surface area (Å²) in [6, 6.07) is -0.725. The molecular weight excluding hydrogens is 767 g/mol. The predicted octanol–water partition coefficient (Wildman–Crippen LogP) is 11.8. The quantitative estimate of drug-likeness (QED) is 0.0262. The van der Waals surface area contributed by atoms with E-state index in [1.807, 2.05) is 0 Å². The van der Waals surface area contributed by atoms with Crippen LogP contribution in [0.5, 0.6) is 0 Å². The number of carbonyl (C=O) groups excluding carboxylic acids is 1. The highest BCUT2D eigenvalue weighted by atomic mass is 16.7. The summed E-state index contributed by atoms with van der Waals surface area (Å²) in [6.07, 6.45) is 44.7. The molecule has 1 aliphatic heterocycles. The molecule has 0 aromatic heterocycles. The van der Waals surface area contributed by atoms with E-state index in [-0.39, 0.29) is 12.5 Å². The van der Waals surface area contributed by atoms with Gasteiger partial charge in [0.2, 0.25) is 5.91 Å². The molecule has 0 aliphatic carbocycles. The molecule has 0 aromatic carbocycles. The van der Waals surface area contributed by atoms with Crippen LogP contribution in [0.1, 0.15) is 245 Å². The first-order valence-corrected chi connectivity index (χ1v) is 26.0. The van der Waals surface area contributed by atoms with Gasteiger partial charge in [0.15, 0.2) is 6.29 Å². The number of rotatable bonds is 44. The molecule has 360 valence electrons. The molecule has 1 saturated heterocycles. The summed E-state index contributed by atoms with van der Waals surface area (Å²) in [6.45, 7) is 3.83. The number of allylic oxidation sites excluding steroid dienone is 4. The van der Waals surface area contributed by atoms with Crippen molar-refractivity contribution in [3.05, 3.63) is 24.3 Å². The van der Waals surface area contributed by atoms with Crippen LogP contribution < -0.4 is 5.32 Å². The zero-order valence-corrected chi connectivity index (χ0v) is 39.7. The second-order valence-electron chi connectivity index (χ2n) is 18.3. The number of ether oxygens (including phenoxy) is 2. The Morgan fingerprint density at radius 3 is 1.43 bits per heavy atom. The van der Waals surface area contributed by atoms with Crippen LogP contribution in [0.25, 0.3) is 0 Å². The van der Waals surface area contributed by atoms with Crippen LogP contribution in [0.3, 0.4) is 0 Å². The van der Waals surface area contributed by atoms with Gasteiger partial charge in [-0.15, -0.1) is 0 Å². The van der Waals surface area contributed by atoms with Gasteiger partial charge in [-0.25, -0.2) is 0 Å². The highest BCUT2D eigenvalue weighted by Crippen LogP contribution is 2.23. The lowest BCUT2D eigenvalue weighted by Gasteiger charge is -2.40. The lowest BCUT2D eigenvalue weighted by atomic mass is 9.99. The fraction of sp³-hybridized carbons (Fsp3) is 0.904. The van der Waals surface area contributed by atoms with E-state index in [2.05, 4.69) is 43.5 Å². The minimum Gasteiger partial charge on any atom is -0.394 e. The Balaban J connectivity index is 2.26. The first kappa shape index (κ1) is 57.7. The van der Waals surface area contributed by atoms with Crippen LogP contribution in [0.4, 0.5) is 0 Å². The smallest absolute Gasteiger partial charge is 0.220 e. The van der Waals surface area contributed by atoms with Crippen LogP contribution in [-0.2, 0) is 14.3 Å². The first-order valence-electron chi connectivity index (χ1n) is 26.0. The highest BCUT2D eigenvalue weighted by Gasteiger charge is 2.44. The largest absolute Gasteiger partial charge is 0.394 e. The fourth-order valence-electron chi connectivity index (χ4n) is 8.37. The summed E-state index contributed by atoms with van der Waals surface area (Å²) in [5.41, 5.74) is 0. The molecule has 1 rings (SSSR count). The summed E-state index contributed by atoms with van der Waals surface area (Å²) in [5.74, 6) is -0.156. The molecule has 9 heteroatoms. The van der Waals surface area contributed by atoms with E-state index in [9.17, 15) is 30.3 Å². The van der Waals surface area contributed by atoms with Crippen molar-refractivity contribution in [1.82, 2.24) is 5.32 Å². The molecule has 1 fully saturated rings. The second kappa shape index (κ2) is 42.6. The summed E-state index contributed by atoms with van der Waals surface area (Å²) in [4.78, 5) is 13.0. The van der Waals surface area contributed by atoms with Gasteiger partial charge in [-0.05, 0) is 44.9 Å². The van der Waals surface area contributed by atoms with Gasteiger partial charge in [0.05, 0.1) is 25.4 Å². The van der Waals surface area contributed by atoms with Crippen LogP contribution in [0, 0.1) is 0 Å². The molecule has 0 aromatic rings. The Morgan fingerprint density at radius 1 is 0.557 bits per heavy atom. The van der Waals surface area contributed by atoms with Crippen molar-refractivity contribution in [2.75, 3.05) is 13.2 Å². The van der Waals surface area contributed by atoms with Crippen molar-refractivity contribution in [2.45, 2.75) is 288 Å². The van der Waals surface area contributed by atoms with Crippen molar-refractivity contribution in [3.8, 4) is 0 Å². The van der Waals surface area contributed by atoms with Crippen molar-refractivity contribution in [3.63, 3.8) is 0 Å². The van der Waals surface area contributed by atoms with Gasteiger partial charge in [-0.1, -0.05) is 218 Å². The summed E-state index contributed by atoms with van der Waals surface area (Å²) < 4.78 is 11.3. The summed E-state index contributed by atoms with van der Waals surface area (Å²) >= 11 is 0. The number of hydrogen-bond acceptors (Lipinski definition) is 8. The Morgan fingerprint density at radius 2 is 0.967 bits per heavy atom. The molecule has 7 atom stereocenters. The van der Waals surface area contributed by atoms with Gasteiger partial charge < -0.3 is 40.3 Å². The van der Waals surface area contributed by atoms with Gasteiger partial charge in [-0.3, -0.25) is 4.79 Å². The number of amides is 1. The number of hydrogen-bond donors (Lipinski definition) is 6. The van der Waals surface area contributed by atoms with Gasteiger partial charge in [0, 0.05) is 6.42 Å². The van der Waals surface area contributed by atoms with E-state index < -0.39 is 49.5 Å². The molecule has 0 bridgehead atoms. The normalized spacial score (nSPS) is 20.5. The van der Waals surface area contributed by atoms with Crippen LogP contribution in [0.2, 0.25) is 0 Å². The lowest BCUT2D eigenvalue weighted by Crippen LogP contribution is -2.60. The van der Waals surface area contributed by atoms with Crippen LogP contribution in [0.15, 0.2) is 24.3 Å². The maximum atomic E-state index is 13.0. The average molecular weight is 866 g/mol. The maximum absolute atomic E-state index is 13.0. The zero-order valence-electron chi connectivity index (χ0n) is 39.7. The number of carbonyl (C=O) groups is 1. The molecule has 61 heavy (non-hydrogen) atoms. The Kier molecular flexibility index (Phi) is 40.3. The van der Waals surface area contributed by atoms with Gasteiger partial charge >= 0.3 is 0 Å². The third-order valence-corrected chi connectivity index (χ3v) is 12.6. The van der Waals surface area contributed by atoms with Crippen molar-refractivity contribution < 1.29 is 39.8 Å². The predicted molar refractivity (Wildman–Crippen MR) is 253 cm³/mol. The summed E-state index contributed by atoms with van der Waals surface area (Å²) in [7, 11) is 0. The SMILES string of the molecule is CCCCCC/C=C\C/C=C\CCCCCCCC(=O)NC(COC1OC(CO)C(O)C(O)C1O)C(O)CCCCCCCCCCCCCCCCCCCCCCCC. The van der Waals surface area contributed by atoms with Crippen LogP contribution in [-0.4, -0.2) is 87.5 Å². The third kappa shape index (κ3) is 32.9. The topological polar surface area (TPSA) is 149 Å². The number of aliphatic hydroxyl groups is 5. The van der Waals surface area contributed by atoms with Crippen molar-refractivity contribution in [2.24, 2.45) is 0 Å². The van der Waals surface area contributed by atoms with Crippen LogP contribution >= 0.6 is 0 Å². The Bertz CT molecular complexity index is 1010. The Hall–Kier alpha value is -1.33. The fourth-order valence-corrected chi connectivity index (χ4v) is 8.37. The van der Waals surface area contributed by atoms with E-state index >= 15 is 0 Å². The van der Waals surface area contributed by atoms with E-state index in [0.29, 0.717) is 12.8 Å². The first-order chi connectivity index (χ1) is 29.8. The molecule has 0 spiro atoms. The van der Waals surface area contributed by atoms with Gasteiger partial charge in [0.1, 0.15) is 24.4 Å². The van der Waals surface area contributed by atoms with Gasteiger partial charge in [-0.2, -0.15) is 0 Å². The number of unbranched alkanes of at least 4 members (excludes halogenated alkanes) is 30. The highest BCUT2D eigenvalue weighted by molar-refractivity contribution is 5.76. The minimum atomic E-state index is -1.55. The molecule has 7 unspecified atom stereocenters. The summed E-state index contributed by atoms with van der Waals surface area (Å²) in [5, 5.41) is 54.5. The minimum absolute atomic E-state index is 0.142. The van der Waals surface area contributed by atoms with E-state index in [0.717, 1.165) is 64.2 Å². The third-order valence-electron chi connectivity index (χ3n) is 12.6. The number of nitrogens with one attached hydrogen (secondary N) is 1. The average Bonchev–Trinajstić information content (AvgIpc) is 3.26. The molecule has 9 nitrogen and oxygen atoms in total. The number of aliphatic hydroxyl groups excluding tert-OH is 5. The van der Waals surface area contributed by atoms with E-state index in [1.165, 1.54) is 154 Å². The van der Waals surface area contributed by atoms with Crippen molar-refractivity contribution >= 4 is 5.91 Å². The van der Waals surface area contributed by atoms with E-state index in [4.69, 9.17) is 9.47 Å². The molecule has 0 saturated carbocycles. The standard InChI is InChI=1S/C52H99NO8/c1-3-5-7-9-11-13-15-17-19-21-22-23-24-25-26-27-29-31-33-35-37-39-41-46(55)45(44-60-52-51(59)50(58)49(57)47(43-54)61-52)53-48(56)42-40-38-36-34-32-30-28-20-18-16-14-12-10-8-6-4-2/h14,16,20,28,45-47,49-52,54-55,57-59H,3-13,15,17-19,21-27,29-44H2,1-2H3,(H,53,56)/b16-14-,28-20-. The molecule has 0 radical (unpaired) electrons.